The summed E-state index contributed by atoms with van der Waals surface area (Å²) in [5.41, 5.74) is 1.84. The minimum Gasteiger partial charge on any atom is -0.368 e. The fraction of sp³-hybridized carbons (Fsp3) is 0.391. The number of H-pyrrole nitrogens is 1. The van der Waals surface area contributed by atoms with Crippen LogP contribution in [-0.2, 0) is 6.54 Å². The number of fused-ring (bicyclic) bond motifs is 1. The van der Waals surface area contributed by atoms with E-state index < -0.39 is 17.5 Å². The number of carbonyl (C=O) groups excluding carboxylic acids is 1. The predicted octanol–water partition coefficient (Wildman–Crippen LogP) is 2.48. The number of halogens is 2. The van der Waals surface area contributed by atoms with Crippen LogP contribution in [0, 0.1) is 12.7 Å². The van der Waals surface area contributed by atoms with E-state index >= 15 is 4.39 Å². The second kappa shape index (κ2) is 9.22. The number of amides is 1. The van der Waals surface area contributed by atoms with Crippen molar-refractivity contribution in [3.63, 3.8) is 0 Å². The molecule has 3 aromatic rings. The summed E-state index contributed by atoms with van der Waals surface area (Å²) >= 11 is 0. The summed E-state index contributed by atoms with van der Waals surface area (Å²) in [6.07, 6.45) is -1.53. The van der Waals surface area contributed by atoms with Gasteiger partial charge < -0.3 is 15.2 Å². The van der Waals surface area contributed by atoms with Gasteiger partial charge in [0.1, 0.15) is 23.1 Å². The number of aromatic nitrogens is 3. The number of hydrogen-bond acceptors (Lipinski definition) is 6. The van der Waals surface area contributed by atoms with Crippen molar-refractivity contribution in [2.75, 3.05) is 38.1 Å². The van der Waals surface area contributed by atoms with Gasteiger partial charge in [-0.25, -0.2) is 18.7 Å². The quantitative estimate of drug-likeness (QED) is 0.613. The summed E-state index contributed by atoms with van der Waals surface area (Å²) in [7, 11) is 1.57. The topological polar surface area (TPSA) is 94.2 Å². The molecular formula is C23H26F2N6O2. The van der Waals surface area contributed by atoms with Crippen LogP contribution in [-0.4, -0.2) is 59.0 Å². The van der Waals surface area contributed by atoms with Crippen molar-refractivity contribution < 1.29 is 13.6 Å². The van der Waals surface area contributed by atoms with Crippen LogP contribution >= 0.6 is 0 Å². The summed E-state index contributed by atoms with van der Waals surface area (Å²) < 4.78 is 28.6. The lowest BCUT2D eigenvalue weighted by Gasteiger charge is -2.36. The first-order valence-corrected chi connectivity index (χ1v) is 10.8. The molecule has 33 heavy (non-hydrogen) atoms. The molecule has 1 aliphatic heterocycles. The Labute approximate surface area is 189 Å². The highest BCUT2D eigenvalue weighted by atomic mass is 19.1. The van der Waals surface area contributed by atoms with Crippen LogP contribution in [0.4, 0.5) is 14.5 Å². The van der Waals surface area contributed by atoms with Gasteiger partial charge in [-0.1, -0.05) is 6.07 Å². The lowest BCUT2D eigenvalue weighted by atomic mass is 10.1. The van der Waals surface area contributed by atoms with Crippen molar-refractivity contribution in [2.45, 2.75) is 26.6 Å². The molecule has 1 fully saturated rings. The largest absolute Gasteiger partial charge is 0.368 e. The van der Waals surface area contributed by atoms with Gasteiger partial charge in [-0.3, -0.25) is 14.5 Å². The van der Waals surface area contributed by atoms with E-state index in [0.29, 0.717) is 30.9 Å². The zero-order chi connectivity index (χ0) is 23.7. The molecule has 0 saturated carbocycles. The SMILES string of the molecule is CNC(=O)c1ccc(N2CCN(Cc3ccc4nc(C(C)F)c(=O)[nH]c4c3F)CC2)c(C)n1. The van der Waals surface area contributed by atoms with Gasteiger partial charge in [0.2, 0.25) is 0 Å². The monoisotopic (exact) mass is 456 g/mol. The lowest BCUT2D eigenvalue weighted by molar-refractivity contribution is 0.0958. The first-order chi connectivity index (χ1) is 15.8. The number of pyridine rings is 1. The van der Waals surface area contributed by atoms with Crippen molar-refractivity contribution in [2.24, 2.45) is 0 Å². The molecule has 1 atom stereocenters. The van der Waals surface area contributed by atoms with Crippen LogP contribution in [0.5, 0.6) is 0 Å². The number of carbonyl (C=O) groups is 1. The van der Waals surface area contributed by atoms with Crippen molar-refractivity contribution in [3.05, 3.63) is 63.1 Å². The molecule has 0 aliphatic carbocycles. The van der Waals surface area contributed by atoms with Crippen LogP contribution in [0.15, 0.2) is 29.1 Å². The fourth-order valence-electron chi connectivity index (χ4n) is 4.10. The van der Waals surface area contributed by atoms with Gasteiger partial charge in [0.25, 0.3) is 11.5 Å². The number of rotatable bonds is 5. The number of nitrogens with zero attached hydrogens (tertiary/aromatic N) is 4. The van der Waals surface area contributed by atoms with Gasteiger partial charge in [-0.15, -0.1) is 0 Å². The van der Waals surface area contributed by atoms with Gasteiger partial charge in [0, 0.05) is 45.3 Å². The van der Waals surface area contributed by atoms with Gasteiger partial charge in [-0.2, -0.15) is 0 Å². The average molecular weight is 456 g/mol. The normalized spacial score (nSPS) is 15.6. The molecular weight excluding hydrogens is 430 g/mol. The van der Waals surface area contributed by atoms with Gasteiger partial charge >= 0.3 is 0 Å². The standard InChI is InChI=1S/C23H26F2N6O2/c1-13(24)20-23(33)29-21-16(28-20)5-4-15(19(21)25)12-30-8-10-31(11-9-30)18-7-6-17(22(32)26-3)27-14(18)2/h4-7,13H,8-12H2,1-3H3,(H,26,32)(H,29,33). The molecule has 4 rings (SSSR count). The van der Waals surface area contributed by atoms with Crippen LogP contribution in [0.2, 0.25) is 0 Å². The Morgan fingerprint density at radius 2 is 1.91 bits per heavy atom. The van der Waals surface area contributed by atoms with Crippen LogP contribution in [0.3, 0.4) is 0 Å². The number of aromatic amines is 1. The third-order valence-corrected chi connectivity index (χ3v) is 5.91. The Morgan fingerprint density at radius 1 is 1.18 bits per heavy atom. The predicted molar refractivity (Wildman–Crippen MR) is 122 cm³/mol. The van der Waals surface area contributed by atoms with Crippen molar-refractivity contribution in [1.82, 2.24) is 25.2 Å². The minimum absolute atomic E-state index is 0.00144. The second-order valence-corrected chi connectivity index (χ2v) is 8.14. The highest BCUT2D eigenvalue weighted by molar-refractivity contribution is 5.92. The molecule has 1 aliphatic rings. The number of piperazine rings is 1. The fourth-order valence-corrected chi connectivity index (χ4v) is 4.10. The van der Waals surface area contributed by atoms with E-state index in [1.165, 1.54) is 6.92 Å². The molecule has 10 heteroatoms. The second-order valence-electron chi connectivity index (χ2n) is 8.14. The zero-order valence-corrected chi connectivity index (χ0v) is 18.8. The van der Waals surface area contributed by atoms with Crippen molar-refractivity contribution in [1.29, 1.82) is 0 Å². The van der Waals surface area contributed by atoms with Gasteiger partial charge in [-0.05, 0) is 32.0 Å². The van der Waals surface area contributed by atoms with E-state index in [9.17, 15) is 14.0 Å². The molecule has 0 radical (unpaired) electrons. The number of alkyl halides is 1. The van der Waals surface area contributed by atoms with Crippen LogP contribution in [0.25, 0.3) is 11.0 Å². The lowest BCUT2D eigenvalue weighted by Crippen LogP contribution is -2.46. The van der Waals surface area contributed by atoms with E-state index in [1.807, 2.05) is 13.0 Å². The minimum atomic E-state index is -1.53. The molecule has 2 aromatic heterocycles. The number of benzene rings is 1. The van der Waals surface area contributed by atoms with E-state index in [2.05, 4.69) is 30.1 Å². The average Bonchev–Trinajstić information content (AvgIpc) is 2.81. The maximum absolute atomic E-state index is 15.1. The molecule has 1 unspecified atom stereocenters. The van der Waals surface area contributed by atoms with Gasteiger partial charge in [0.05, 0.1) is 16.9 Å². The highest BCUT2D eigenvalue weighted by Gasteiger charge is 2.22. The number of anilines is 1. The van der Waals surface area contributed by atoms with E-state index in [4.69, 9.17) is 0 Å². The van der Waals surface area contributed by atoms with Crippen molar-refractivity contribution in [3.8, 4) is 0 Å². The smallest absolute Gasteiger partial charge is 0.273 e. The number of nitrogens with one attached hydrogen (secondary N) is 2. The number of aryl methyl sites for hydroxylation is 1. The molecule has 8 nitrogen and oxygen atoms in total. The van der Waals surface area contributed by atoms with E-state index in [-0.39, 0.29) is 22.6 Å². The van der Waals surface area contributed by atoms with E-state index in [1.54, 1.807) is 25.2 Å². The number of hydrogen-bond donors (Lipinski definition) is 2. The maximum Gasteiger partial charge on any atom is 0.273 e. The molecule has 2 N–H and O–H groups in total. The Morgan fingerprint density at radius 3 is 2.55 bits per heavy atom. The molecule has 0 bridgehead atoms. The maximum atomic E-state index is 15.1. The third-order valence-electron chi connectivity index (χ3n) is 5.91. The summed E-state index contributed by atoms with van der Waals surface area (Å²) in [6.45, 7) is 6.36. The Hall–Kier alpha value is -3.40. The first kappa shape index (κ1) is 22.8. The molecule has 3 heterocycles. The first-order valence-electron chi connectivity index (χ1n) is 10.8. The Kier molecular flexibility index (Phi) is 6.37. The summed E-state index contributed by atoms with van der Waals surface area (Å²) in [5, 5.41) is 2.57. The van der Waals surface area contributed by atoms with Crippen molar-refractivity contribution >= 4 is 22.6 Å². The molecule has 1 amide bonds. The molecule has 1 saturated heterocycles. The van der Waals surface area contributed by atoms with Crippen LogP contribution < -0.4 is 15.8 Å². The van der Waals surface area contributed by atoms with E-state index in [0.717, 1.165) is 24.5 Å². The van der Waals surface area contributed by atoms with Crippen LogP contribution in [0.1, 0.15) is 40.5 Å². The highest BCUT2D eigenvalue weighted by Crippen LogP contribution is 2.23. The summed E-state index contributed by atoms with van der Waals surface area (Å²) in [6, 6.07) is 6.85. The Bertz CT molecular complexity index is 1250. The molecule has 1 aromatic carbocycles. The molecule has 0 spiro atoms. The third kappa shape index (κ3) is 4.56. The zero-order valence-electron chi connectivity index (χ0n) is 18.8. The van der Waals surface area contributed by atoms with Gasteiger partial charge in [0.15, 0.2) is 5.82 Å². The summed E-state index contributed by atoms with van der Waals surface area (Å²) in [4.78, 5) is 39.0. The summed E-state index contributed by atoms with van der Waals surface area (Å²) in [5.74, 6) is -0.763. The Balaban J connectivity index is 1.46. The molecule has 174 valence electrons.